The Bertz CT molecular complexity index is 1300. The highest BCUT2D eigenvalue weighted by Crippen LogP contribution is 2.32. The molecule has 2 aromatic carbocycles. The lowest BCUT2D eigenvalue weighted by molar-refractivity contribution is -0.125. The Morgan fingerprint density at radius 2 is 1.88 bits per heavy atom. The summed E-state index contributed by atoms with van der Waals surface area (Å²) >= 11 is 1.41. The van der Waals surface area contributed by atoms with Crippen molar-refractivity contribution in [3.8, 4) is 11.1 Å². The summed E-state index contributed by atoms with van der Waals surface area (Å²) in [6.45, 7) is 1.94. The minimum atomic E-state index is -0.128. The molecule has 0 bridgehead atoms. The number of fused-ring (bicyclic) bond motifs is 1. The maximum absolute atomic E-state index is 12.8. The molecular formula is C26H26N4O2S. The minimum Gasteiger partial charge on any atom is -0.355 e. The third-order valence-corrected chi connectivity index (χ3v) is 7.11. The summed E-state index contributed by atoms with van der Waals surface area (Å²) in [6.07, 6.45) is 2.54. The molecule has 0 unspecified atom stereocenters. The van der Waals surface area contributed by atoms with E-state index in [1.165, 1.54) is 16.9 Å². The van der Waals surface area contributed by atoms with Crippen LogP contribution >= 0.6 is 11.3 Å². The molecule has 2 aromatic heterocycles. The zero-order chi connectivity index (χ0) is 22.6. The number of carbonyl (C=O) groups excluding carboxylic acids is 1. The van der Waals surface area contributed by atoms with Crippen molar-refractivity contribution in [2.75, 3.05) is 24.5 Å². The monoisotopic (exact) mass is 458 g/mol. The number of piperidine rings is 1. The van der Waals surface area contributed by atoms with E-state index in [4.69, 9.17) is 4.98 Å². The van der Waals surface area contributed by atoms with Gasteiger partial charge in [0.25, 0.3) is 5.56 Å². The molecule has 1 aliphatic heterocycles. The second-order valence-electron chi connectivity index (χ2n) is 8.39. The van der Waals surface area contributed by atoms with Crippen molar-refractivity contribution in [1.82, 2.24) is 15.3 Å². The normalized spacial score (nSPS) is 16.1. The summed E-state index contributed by atoms with van der Waals surface area (Å²) in [6, 6.07) is 20.2. The van der Waals surface area contributed by atoms with E-state index in [1.54, 1.807) is 0 Å². The first-order chi connectivity index (χ1) is 16.2. The number of H-pyrrole nitrogens is 1. The van der Waals surface area contributed by atoms with Gasteiger partial charge >= 0.3 is 0 Å². The van der Waals surface area contributed by atoms with Gasteiger partial charge in [-0.1, -0.05) is 60.7 Å². The average Bonchev–Trinajstić information content (AvgIpc) is 3.30. The van der Waals surface area contributed by atoms with Gasteiger partial charge in [0, 0.05) is 30.6 Å². The SMILES string of the molecule is O=C(NCCc1ccccc1)[C@H]1CCCN(c2nc3c(-c4ccccc4)csc3c(=O)[nH]2)C1. The van der Waals surface area contributed by atoms with Crippen LogP contribution in [0.3, 0.4) is 0 Å². The fraction of sp³-hybridized carbons (Fsp3) is 0.269. The molecule has 0 radical (unpaired) electrons. The molecule has 0 spiro atoms. The Kier molecular flexibility index (Phi) is 6.21. The van der Waals surface area contributed by atoms with Crippen LogP contribution in [0.2, 0.25) is 0 Å². The Hall–Kier alpha value is -3.45. The predicted molar refractivity (Wildman–Crippen MR) is 134 cm³/mol. The van der Waals surface area contributed by atoms with E-state index in [0.29, 0.717) is 23.7 Å². The van der Waals surface area contributed by atoms with Gasteiger partial charge in [-0.05, 0) is 30.4 Å². The van der Waals surface area contributed by atoms with Gasteiger partial charge in [0.2, 0.25) is 11.9 Å². The number of amides is 1. The van der Waals surface area contributed by atoms with Crippen LogP contribution in [0, 0.1) is 5.92 Å². The molecule has 3 heterocycles. The molecule has 1 aliphatic rings. The van der Waals surface area contributed by atoms with Gasteiger partial charge < -0.3 is 10.2 Å². The van der Waals surface area contributed by atoms with Crippen LogP contribution in [0.15, 0.2) is 70.8 Å². The van der Waals surface area contributed by atoms with Gasteiger partial charge in [-0.25, -0.2) is 4.98 Å². The molecule has 1 fully saturated rings. The summed E-state index contributed by atoms with van der Waals surface area (Å²) in [5.41, 5.74) is 3.82. The summed E-state index contributed by atoms with van der Waals surface area (Å²) in [7, 11) is 0. The van der Waals surface area contributed by atoms with Crippen LogP contribution in [0.25, 0.3) is 21.3 Å². The third kappa shape index (κ3) is 4.68. The van der Waals surface area contributed by atoms with E-state index >= 15 is 0 Å². The van der Waals surface area contributed by atoms with E-state index < -0.39 is 0 Å². The second kappa shape index (κ2) is 9.58. The average molecular weight is 459 g/mol. The Labute approximate surface area is 196 Å². The maximum Gasteiger partial charge on any atom is 0.270 e. The topological polar surface area (TPSA) is 78.1 Å². The number of thiophene rings is 1. The molecule has 1 amide bonds. The van der Waals surface area contributed by atoms with Crippen molar-refractivity contribution < 1.29 is 4.79 Å². The molecular weight excluding hydrogens is 432 g/mol. The van der Waals surface area contributed by atoms with Crippen LogP contribution < -0.4 is 15.8 Å². The molecule has 33 heavy (non-hydrogen) atoms. The van der Waals surface area contributed by atoms with Crippen LogP contribution in [0.4, 0.5) is 5.95 Å². The number of aromatic nitrogens is 2. The number of nitrogens with zero attached hydrogens (tertiary/aromatic N) is 2. The number of nitrogens with one attached hydrogen (secondary N) is 2. The molecule has 4 aromatic rings. The van der Waals surface area contributed by atoms with Gasteiger partial charge in [0.15, 0.2) is 0 Å². The van der Waals surface area contributed by atoms with Crippen LogP contribution in [0.5, 0.6) is 0 Å². The van der Waals surface area contributed by atoms with Gasteiger partial charge in [-0.2, -0.15) is 0 Å². The molecule has 0 saturated carbocycles. The number of hydrogen-bond acceptors (Lipinski definition) is 5. The molecule has 168 valence electrons. The number of hydrogen-bond donors (Lipinski definition) is 2. The first-order valence-electron chi connectivity index (χ1n) is 11.3. The molecule has 1 saturated heterocycles. The van der Waals surface area contributed by atoms with Crippen molar-refractivity contribution in [2.45, 2.75) is 19.3 Å². The highest BCUT2D eigenvalue weighted by atomic mass is 32.1. The zero-order valence-corrected chi connectivity index (χ0v) is 19.1. The van der Waals surface area contributed by atoms with Gasteiger partial charge in [-0.15, -0.1) is 11.3 Å². The first kappa shape index (κ1) is 21.4. The van der Waals surface area contributed by atoms with Crippen LogP contribution in [0.1, 0.15) is 18.4 Å². The lowest BCUT2D eigenvalue weighted by Crippen LogP contribution is -2.44. The van der Waals surface area contributed by atoms with E-state index in [1.807, 2.05) is 58.8 Å². The van der Waals surface area contributed by atoms with Crippen molar-refractivity contribution >= 4 is 33.4 Å². The molecule has 6 nitrogen and oxygen atoms in total. The molecule has 1 atom stereocenters. The van der Waals surface area contributed by atoms with Gasteiger partial charge in [0.1, 0.15) is 4.70 Å². The fourth-order valence-corrected chi connectivity index (χ4v) is 5.30. The van der Waals surface area contributed by atoms with Gasteiger partial charge in [-0.3, -0.25) is 14.6 Å². The fourth-order valence-electron chi connectivity index (χ4n) is 4.39. The first-order valence-corrected chi connectivity index (χ1v) is 12.2. The lowest BCUT2D eigenvalue weighted by Gasteiger charge is -2.32. The van der Waals surface area contributed by atoms with Crippen molar-refractivity contribution in [2.24, 2.45) is 5.92 Å². The Morgan fingerprint density at radius 3 is 2.67 bits per heavy atom. The highest BCUT2D eigenvalue weighted by molar-refractivity contribution is 7.17. The zero-order valence-electron chi connectivity index (χ0n) is 18.3. The number of anilines is 1. The quantitative estimate of drug-likeness (QED) is 0.453. The van der Waals surface area contributed by atoms with Crippen molar-refractivity contribution in [1.29, 1.82) is 0 Å². The smallest absolute Gasteiger partial charge is 0.270 e. The number of rotatable bonds is 6. The van der Waals surface area contributed by atoms with E-state index in [0.717, 1.165) is 42.5 Å². The Balaban J connectivity index is 1.31. The lowest BCUT2D eigenvalue weighted by atomic mass is 9.97. The van der Waals surface area contributed by atoms with E-state index in [-0.39, 0.29) is 17.4 Å². The summed E-state index contributed by atoms with van der Waals surface area (Å²) in [5, 5.41) is 5.08. The molecule has 5 rings (SSSR count). The number of benzene rings is 2. The molecule has 2 N–H and O–H groups in total. The van der Waals surface area contributed by atoms with Crippen LogP contribution in [-0.4, -0.2) is 35.5 Å². The predicted octanol–water partition coefficient (Wildman–Crippen LogP) is 4.23. The standard InChI is InChI=1S/C26H26N4O2S/c31-24(27-14-13-18-8-3-1-4-9-18)20-12-7-15-30(16-20)26-28-22-21(19-10-5-2-6-11-19)17-33-23(22)25(32)29-26/h1-6,8-11,17,20H,7,12-16H2,(H,27,31)(H,28,29,32)/t20-/m0/s1. The molecule has 7 heteroatoms. The maximum atomic E-state index is 12.8. The van der Waals surface area contributed by atoms with Gasteiger partial charge in [0.05, 0.1) is 11.4 Å². The largest absolute Gasteiger partial charge is 0.355 e. The minimum absolute atomic E-state index is 0.0690. The third-order valence-electron chi connectivity index (χ3n) is 6.15. The number of carbonyl (C=O) groups is 1. The van der Waals surface area contributed by atoms with Crippen molar-refractivity contribution in [3.63, 3.8) is 0 Å². The summed E-state index contributed by atoms with van der Waals surface area (Å²) in [5.74, 6) is 0.496. The Morgan fingerprint density at radius 1 is 1.12 bits per heavy atom. The second-order valence-corrected chi connectivity index (χ2v) is 9.27. The number of aromatic amines is 1. The molecule has 0 aliphatic carbocycles. The summed E-state index contributed by atoms with van der Waals surface area (Å²) < 4.78 is 0.629. The van der Waals surface area contributed by atoms with E-state index in [9.17, 15) is 9.59 Å². The van der Waals surface area contributed by atoms with E-state index in [2.05, 4.69) is 22.4 Å². The summed E-state index contributed by atoms with van der Waals surface area (Å²) in [4.78, 5) is 35.4. The highest BCUT2D eigenvalue weighted by Gasteiger charge is 2.27. The van der Waals surface area contributed by atoms with Crippen LogP contribution in [-0.2, 0) is 11.2 Å². The van der Waals surface area contributed by atoms with Crippen molar-refractivity contribution in [3.05, 3.63) is 82.0 Å².